The van der Waals surface area contributed by atoms with Crippen molar-refractivity contribution in [3.63, 3.8) is 0 Å². The third-order valence-electron chi connectivity index (χ3n) is 16.1. The van der Waals surface area contributed by atoms with Crippen molar-refractivity contribution in [1.29, 1.82) is 0 Å². The lowest BCUT2D eigenvalue weighted by atomic mass is 9.43. The van der Waals surface area contributed by atoms with Crippen LogP contribution in [-0.4, -0.2) is 11.4 Å². The van der Waals surface area contributed by atoms with Gasteiger partial charge in [0.15, 0.2) is 0 Å². The van der Waals surface area contributed by atoms with Crippen LogP contribution in [0.3, 0.4) is 0 Å². The molecule has 0 amide bonds. The van der Waals surface area contributed by atoms with Crippen LogP contribution >= 0.6 is 0 Å². The second-order valence-electron chi connectivity index (χ2n) is 24.5. The van der Waals surface area contributed by atoms with Crippen LogP contribution in [0.4, 0.5) is 11.4 Å². The van der Waals surface area contributed by atoms with Gasteiger partial charge in [-0.25, -0.2) is 0 Å². The molecule has 0 N–H and O–H groups in total. The van der Waals surface area contributed by atoms with Crippen molar-refractivity contribution >= 4 is 51.0 Å². The zero-order valence-corrected chi connectivity index (χ0v) is 40.1. The summed E-state index contributed by atoms with van der Waals surface area (Å²) in [5.41, 5.74) is 25.1. The number of aromatic nitrogens is 1. The van der Waals surface area contributed by atoms with Crippen LogP contribution in [0.2, 0.25) is 0 Å². The van der Waals surface area contributed by atoms with Crippen LogP contribution in [0.25, 0.3) is 49.7 Å². The van der Waals surface area contributed by atoms with Crippen molar-refractivity contribution in [1.82, 2.24) is 4.57 Å². The van der Waals surface area contributed by atoms with E-state index in [4.69, 9.17) is 0 Å². The summed E-state index contributed by atoms with van der Waals surface area (Å²) in [7, 11) is 0. The van der Waals surface area contributed by atoms with Crippen molar-refractivity contribution in [3.8, 4) is 27.9 Å². The van der Waals surface area contributed by atoms with Crippen LogP contribution in [0.5, 0.6) is 0 Å². The zero-order chi connectivity index (χ0) is 44.0. The number of hydrogen-bond donors (Lipinski definition) is 0. The lowest BCUT2D eigenvalue weighted by Crippen LogP contribution is -2.61. The van der Waals surface area contributed by atoms with Gasteiger partial charge in [0.1, 0.15) is 0 Å². The van der Waals surface area contributed by atoms with Gasteiger partial charge in [0.25, 0.3) is 0 Å². The molecule has 3 heterocycles. The van der Waals surface area contributed by atoms with Gasteiger partial charge >= 0.3 is 6.85 Å². The average molecular weight is 813 g/mol. The minimum atomic E-state index is -0.210. The molecule has 0 radical (unpaired) electrons. The molecule has 7 aromatic rings. The Morgan fingerprint density at radius 1 is 0.532 bits per heavy atom. The minimum Gasteiger partial charge on any atom is -0.376 e. The van der Waals surface area contributed by atoms with E-state index < -0.39 is 0 Å². The predicted molar refractivity (Wildman–Crippen MR) is 269 cm³/mol. The van der Waals surface area contributed by atoms with E-state index in [-0.39, 0.29) is 39.3 Å². The van der Waals surface area contributed by atoms with E-state index in [0.717, 1.165) is 0 Å². The summed E-state index contributed by atoms with van der Waals surface area (Å²) in [6.45, 7) is 36.1. The first-order valence-electron chi connectivity index (χ1n) is 23.4. The maximum absolute atomic E-state index is 2.75. The maximum atomic E-state index is 2.75. The van der Waals surface area contributed by atoms with Crippen molar-refractivity contribution < 1.29 is 0 Å². The minimum absolute atomic E-state index is 0.0187. The van der Waals surface area contributed by atoms with E-state index >= 15 is 0 Å². The molecule has 11 rings (SSSR count). The molecular weight excluding hydrogens is 747 g/mol. The van der Waals surface area contributed by atoms with Crippen molar-refractivity contribution in [2.75, 3.05) is 4.81 Å². The van der Waals surface area contributed by atoms with E-state index in [1.807, 2.05) is 0 Å². The highest BCUT2D eigenvalue weighted by Crippen LogP contribution is 2.60. The number of benzene rings is 6. The number of rotatable bonds is 1. The molecule has 0 saturated heterocycles. The summed E-state index contributed by atoms with van der Waals surface area (Å²) in [4.78, 5) is 2.73. The summed E-state index contributed by atoms with van der Waals surface area (Å²) in [6, 6.07) is 39.2. The summed E-state index contributed by atoms with van der Waals surface area (Å²) in [5.74, 6) is 0. The van der Waals surface area contributed by atoms with Crippen LogP contribution in [0.1, 0.15) is 156 Å². The SMILES string of the molecule is CC(C)(C)c1ccc(N2B3c4cc(C(C)(C)C)ccc4-n4c5cc6c(cc5c5c7c(c(c3c54)-c3cc(C(C)(C)C)ccc32)-c2ccccc2C7(C)C)C(C)(C)CCC6(C)C)cc1. The number of fused-ring (bicyclic) bond motifs is 14. The Bertz CT molecular complexity index is 3090. The highest BCUT2D eigenvalue weighted by molar-refractivity contribution is 6.94. The van der Waals surface area contributed by atoms with Crippen LogP contribution in [-0.2, 0) is 32.5 Å². The molecule has 1 aromatic heterocycles. The second kappa shape index (κ2) is 12.2. The lowest BCUT2D eigenvalue weighted by Gasteiger charge is -2.44. The Balaban J connectivity index is 1.41. The predicted octanol–water partition coefficient (Wildman–Crippen LogP) is 14.6. The fraction of sp³-hybridized carbons (Fsp3) is 0.390. The van der Waals surface area contributed by atoms with E-state index in [0.29, 0.717) is 0 Å². The molecule has 6 aromatic carbocycles. The molecule has 0 spiro atoms. The second-order valence-corrected chi connectivity index (χ2v) is 24.5. The van der Waals surface area contributed by atoms with Crippen molar-refractivity contribution in [2.24, 2.45) is 0 Å². The monoisotopic (exact) mass is 813 g/mol. The third kappa shape index (κ3) is 5.23. The van der Waals surface area contributed by atoms with Gasteiger partial charge in [-0.3, -0.25) is 0 Å². The van der Waals surface area contributed by atoms with Crippen molar-refractivity contribution in [3.05, 3.63) is 136 Å². The third-order valence-corrected chi connectivity index (χ3v) is 16.1. The first kappa shape index (κ1) is 39.8. The number of hydrogen-bond acceptors (Lipinski definition) is 1. The Morgan fingerprint density at radius 3 is 1.73 bits per heavy atom. The quantitative estimate of drug-likeness (QED) is 0.150. The topological polar surface area (TPSA) is 8.17 Å². The van der Waals surface area contributed by atoms with Crippen LogP contribution in [0.15, 0.2) is 97.1 Å². The van der Waals surface area contributed by atoms with E-state index in [1.54, 1.807) is 0 Å². The molecule has 3 heteroatoms. The molecular formula is C59H65BN2. The summed E-state index contributed by atoms with van der Waals surface area (Å²) >= 11 is 0. The van der Waals surface area contributed by atoms with E-state index in [1.165, 1.54) is 124 Å². The van der Waals surface area contributed by atoms with Gasteiger partial charge in [-0.1, -0.05) is 158 Å². The molecule has 314 valence electrons. The fourth-order valence-corrected chi connectivity index (χ4v) is 12.3. The smallest absolute Gasteiger partial charge is 0.333 e. The Labute approximate surface area is 371 Å². The average Bonchev–Trinajstić information content (AvgIpc) is 3.65. The summed E-state index contributed by atoms with van der Waals surface area (Å²) in [5, 5.41) is 2.86. The van der Waals surface area contributed by atoms with Crippen molar-refractivity contribution in [2.45, 2.75) is 149 Å². The molecule has 0 saturated carbocycles. The van der Waals surface area contributed by atoms with Gasteiger partial charge in [-0.2, -0.15) is 0 Å². The van der Waals surface area contributed by atoms with Crippen LogP contribution in [0, 0.1) is 0 Å². The molecule has 4 aliphatic rings. The summed E-state index contributed by atoms with van der Waals surface area (Å²) < 4.78 is 2.75. The highest BCUT2D eigenvalue weighted by atomic mass is 15.1. The zero-order valence-electron chi connectivity index (χ0n) is 40.1. The molecule has 2 aliphatic heterocycles. The van der Waals surface area contributed by atoms with Gasteiger partial charge in [0.2, 0.25) is 0 Å². The molecule has 0 atom stereocenters. The number of anilines is 2. The lowest BCUT2D eigenvalue weighted by molar-refractivity contribution is 0.332. The van der Waals surface area contributed by atoms with Gasteiger partial charge in [-0.05, 0) is 149 Å². The largest absolute Gasteiger partial charge is 0.376 e. The van der Waals surface area contributed by atoms with Gasteiger partial charge in [0.05, 0.1) is 11.0 Å². The molecule has 0 unspecified atom stereocenters. The van der Waals surface area contributed by atoms with Gasteiger partial charge < -0.3 is 9.38 Å². The Morgan fingerprint density at radius 2 is 1.10 bits per heavy atom. The Hall–Kier alpha value is -5.02. The molecule has 62 heavy (non-hydrogen) atoms. The molecule has 2 aliphatic carbocycles. The standard InChI is InChI=1S/C59H65BN2/c1-54(2,3)34-20-24-37(25-21-34)62-45-26-22-35(55(4,5)6)30-39(45)49-48-38-18-16-17-19-41(38)59(14,15)51(48)50-40-32-42-43(58(12,13)29-28-57(42,10)11)33-47(40)61-46-27-23-36(56(7,8)9)31-44(46)60(62)52(49)53(50)61/h16-27,30-33H,28-29H2,1-15H3. The van der Waals surface area contributed by atoms with E-state index in [9.17, 15) is 0 Å². The number of nitrogens with zero attached hydrogens (tertiary/aromatic N) is 2. The van der Waals surface area contributed by atoms with Crippen LogP contribution < -0.4 is 15.7 Å². The first-order chi connectivity index (χ1) is 28.9. The molecule has 2 nitrogen and oxygen atoms in total. The summed E-state index contributed by atoms with van der Waals surface area (Å²) in [6.07, 6.45) is 2.38. The van der Waals surface area contributed by atoms with E-state index in [2.05, 4.69) is 210 Å². The normalized spacial score (nSPS) is 17.8. The van der Waals surface area contributed by atoms with Gasteiger partial charge in [0, 0.05) is 38.8 Å². The maximum Gasteiger partial charge on any atom is 0.333 e. The first-order valence-corrected chi connectivity index (χ1v) is 23.4. The molecule has 0 fully saturated rings. The fourth-order valence-electron chi connectivity index (χ4n) is 12.3. The van der Waals surface area contributed by atoms with Gasteiger partial charge in [-0.15, -0.1) is 0 Å². The highest BCUT2D eigenvalue weighted by Gasteiger charge is 2.50. The molecule has 0 bridgehead atoms. The Kier molecular flexibility index (Phi) is 7.81.